The highest BCUT2D eigenvalue weighted by Gasteiger charge is 2.20. The van der Waals surface area contributed by atoms with Gasteiger partial charge in [-0.15, -0.1) is 10.2 Å². The predicted molar refractivity (Wildman–Crippen MR) is 176 cm³/mol. The summed E-state index contributed by atoms with van der Waals surface area (Å²) in [5.74, 6) is 0.603. The van der Waals surface area contributed by atoms with Gasteiger partial charge in [-0.3, -0.25) is 0 Å². The maximum Gasteiger partial charge on any atom is 0.209 e. The molecule has 3 rings (SSSR count). The first-order chi connectivity index (χ1) is 19.5. The first kappa shape index (κ1) is 31.9. The second-order valence-corrected chi connectivity index (χ2v) is 12.0. The summed E-state index contributed by atoms with van der Waals surface area (Å²) in [7, 11) is 0. The van der Waals surface area contributed by atoms with Crippen LogP contribution in [0.25, 0.3) is 22.5 Å². The third kappa shape index (κ3) is 8.45. The fourth-order valence-electron chi connectivity index (χ4n) is 5.24. The molecule has 5 nitrogen and oxygen atoms in total. The van der Waals surface area contributed by atoms with E-state index in [1.54, 1.807) is 11.8 Å². The molecule has 6 heteroatoms. The second kappa shape index (κ2) is 16.6. The Balaban J connectivity index is 2.02. The van der Waals surface area contributed by atoms with Crippen LogP contribution in [0.4, 0.5) is 11.4 Å². The molecule has 1 aromatic heterocycles. The molecule has 0 bridgehead atoms. The molecule has 0 radical (unpaired) electrons. The van der Waals surface area contributed by atoms with Crippen LogP contribution < -0.4 is 9.80 Å². The molecule has 0 spiro atoms. The summed E-state index contributed by atoms with van der Waals surface area (Å²) >= 11 is 1.77. The molecule has 3 aromatic rings. The van der Waals surface area contributed by atoms with E-state index in [4.69, 9.17) is 10.1 Å². The summed E-state index contributed by atoms with van der Waals surface area (Å²) < 4.78 is 0. The van der Waals surface area contributed by atoms with Crippen LogP contribution in [0, 0.1) is 5.92 Å². The van der Waals surface area contributed by atoms with Crippen LogP contribution in [0.1, 0.15) is 87.0 Å². The zero-order valence-corrected chi connectivity index (χ0v) is 26.8. The molecule has 0 fully saturated rings. The van der Waals surface area contributed by atoms with Crippen molar-refractivity contribution in [3.05, 3.63) is 48.5 Å². The van der Waals surface area contributed by atoms with E-state index in [1.807, 2.05) is 0 Å². The normalized spacial score (nSPS) is 12.8. The lowest BCUT2D eigenvalue weighted by Gasteiger charge is -2.24. The second-order valence-electron chi connectivity index (χ2n) is 10.8. The van der Waals surface area contributed by atoms with Gasteiger partial charge >= 0.3 is 0 Å². The van der Waals surface area contributed by atoms with Gasteiger partial charge in [0.15, 0.2) is 0 Å². The number of nitrogens with zero attached hydrogens (tertiary/aromatic N) is 5. The molecule has 0 aliphatic rings. The number of anilines is 2. The minimum absolute atomic E-state index is 0.479. The van der Waals surface area contributed by atoms with Crippen molar-refractivity contribution in [3.63, 3.8) is 0 Å². The Labute approximate surface area is 248 Å². The lowest BCUT2D eigenvalue weighted by molar-refractivity contribution is 0.523. The van der Waals surface area contributed by atoms with Crippen LogP contribution in [0.3, 0.4) is 0 Å². The van der Waals surface area contributed by atoms with Gasteiger partial charge in [-0.05, 0) is 62.3 Å². The minimum Gasteiger partial charge on any atom is -0.372 e. The Bertz CT molecular complexity index is 1120. The van der Waals surface area contributed by atoms with Crippen LogP contribution in [-0.4, -0.2) is 46.6 Å². The van der Waals surface area contributed by atoms with Crippen molar-refractivity contribution in [1.82, 2.24) is 15.2 Å². The summed E-state index contributed by atoms with van der Waals surface area (Å²) in [6, 6.07) is 17.7. The van der Waals surface area contributed by atoms with E-state index in [1.165, 1.54) is 11.4 Å². The topological polar surface area (TPSA) is 45.2 Å². The van der Waals surface area contributed by atoms with Crippen molar-refractivity contribution in [2.24, 2.45) is 5.92 Å². The van der Waals surface area contributed by atoms with Gasteiger partial charge in [0.1, 0.15) is 11.4 Å². The number of aromatic nitrogens is 3. The van der Waals surface area contributed by atoms with E-state index in [0.717, 1.165) is 92.4 Å². The molecule has 0 saturated carbocycles. The Morgan fingerprint density at radius 3 is 1.45 bits per heavy atom. The zero-order chi connectivity index (χ0) is 28.9. The van der Waals surface area contributed by atoms with Gasteiger partial charge in [-0.1, -0.05) is 90.9 Å². The fourth-order valence-corrected chi connectivity index (χ4v) is 6.33. The van der Waals surface area contributed by atoms with Crippen LogP contribution in [-0.2, 0) is 0 Å². The summed E-state index contributed by atoms with van der Waals surface area (Å²) in [6.45, 7) is 20.1. The average molecular weight is 562 g/mol. The number of thioether (sulfide) groups is 1. The monoisotopic (exact) mass is 561 g/mol. The molecular weight excluding hydrogens is 510 g/mol. The molecule has 218 valence electrons. The fraction of sp³-hybridized carbons (Fsp3) is 0.559. The molecule has 40 heavy (non-hydrogen) atoms. The average Bonchev–Trinajstić information content (AvgIpc) is 2.99. The quantitative estimate of drug-likeness (QED) is 0.153. The van der Waals surface area contributed by atoms with Crippen molar-refractivity contribution in [1.29, 1.82) is 0 Å². The molecular formula is C34H51N5S. The van der Waals surface area contributed by atoms with E-state index in [-0.39, 0.29) is 0 Å². The number of rotatable bonds is 17. The molecule has 2 atom stereocenters. The zero-order valence-electron chi connectivity index (χ0n) is 26.0. The maximum absolute atomic E-state index is 5.15. The summed E-state index contributed by atoms with van der Waals surface area (Å²) in [4.78, 5) is 10.1. The van der Waals surface area contributed by atoms with Crippen molar-refractivity contribution in [3.8, 4) is 22.5 Å². The van der Waals surface area contributed by atoms with Gasteiger partial charge in [0, 0.05) is 53.9 Å². The smallest absolute Gasteiger partial charge is 0.209 e. The minimum atomic E-state index is 0.479. The molecule has 0 aliphatic heterocycles. The van der Waals surface area contributed by atoms with Crippen LogP contribution in [0.15, 0.2) is 53.7 Å². The molecule has 0 saturated heterocycles. The van der Waals surface area contributed by atoms with Crippen molar-refractivity contribution in [2.45, 2.75) is 97.4 Å². The number of benzene rings is 2. The van der Waals surface area contributed by atoms with E-state index in [0.29, 0.717) is 11.2 Å². The van der Waals surface area contributed by atoms with Gasteiger partial charge in [-0.25, -0.2) is 4.98 Å². The highest BCUT2D eigenvalue weighted by molar-refractivity contribution is 7.99. The largest absolute Gasteiger partial charge is 0.372 e. The van der Waals surface area contributed by atoms with Crippen molar-refractivity contribution >= 4 is 23.1 Å². The summed E-state index contributed by atoms with van der Waals surface area (Å²) in [6.07, 6.45) is 6.80. The Kier molecular flexibility index (Phi) is 13.3. The summed E-state index contributed by atoms with van der Waals surface area (Å²) in [5, 5.41) is 10.7. The molecule has 2 aromatic carbocycles. The van der Waals surface area contributed by atoms with Crippen LogP contribution in [0.5, 0.6) is 0 Å². The first-order valence-corrected chi connectivity index (χ1v) is 16.5. The third-order valence-electron chi connectivity index (χ3n) is 7.59. The van der Waals surface area contributed by atoms with Gasteiger partial charge in [0.2, 0.25) is 5.16 Å². The highest BCUT2D eigenvalue weighted by atomic mass is 32.2. The maximum atomic E-state index is 5.15. The van der Waals surface area contributed by atoms with E-state index < -0.39 is 0 Å². The van der Waals surface area contributed by atoms with Gasteiger partial charge in [0.05, 0.1) is 0 Å². The molecule has 0 N–H and O–H groups in total. The predicted octanol–water partition coefficient (Wildman–Crippen LogP) is 9.38. The molecule has 0 aliphatic carbocycles. The molecule has 0 amide bonds. The third-order valence-corrected chi connectivity index (χ3v) is 9.08. The van der Waals surface area contributed by atoms with Crippen LogP contribution >= 0.6 is 11.8 Å². The number of hydrogen-bond acceptors (Lipinski definition) is 6. The Morgan fingerprint density at radius 1 is 0.600 bits per heavy atom. The SMILES string of the molecule is CCCN(CCC)c1ccc(-c2nnc(SC(CC)C(C)CC)nc2-c2ccc(N(CCC)CCC)cc2)cc1. The van der Waals surface area contributed by atoms with E-state index >= 15 is 0 Å². The summed E-state index contributed by atoms with van der Waals surface area (Å²) in [5.41, 5.74) is 6.43. The molecule has 2 unspecified atom stereocenters. The van der Waals surface area contributed by atoms with Gasteiger partial charge in [0.25, 0.3) is 0 Å². The van der Waals surface area contributed by atoms with Crippen molar-refractivity contribution < 1.29 is 0 Å². The standard InChI is InChI=1S/C34H51N5S/c1-8-22-38(23-9-2)29-18-14-27(15-19-29)32-33(36-37-34(35-32)40-31(13-6)26(7)12-5)28-16-20-30(21-17-28)39(24-10-3)25-11-4/h14-21,26,31H,8-13,22-25H2,1-7H3. The lowest BCUT2D eigenvalue weighted by Crippen LogP contribution is -2.24. The number of hydrogen-bond donors (Lipinski definition) is 0. The highest BCUT2D eigenvalue weighted by Crippen LogP contribution is 2.35. The van der Waals surface area contributed by atoms with Crippen molar-refractivity contribution in [2.75, 3.05) is 36.0 Å². The van der Waals surface area contributed by atoms with E-state index in [9.17, 15) is 0 Å². The van der Waals surface area contributed by atoms with Gasteiger partial charge < -0.3 is 9.80 Å². The Morgan fingerprint density at radius 2 is 1.05 bits per heavy atom. The van der Waals surface area contributed by atoms with Crippen LogP contribution in [0.2, 0.25) is 0 Å². The van der Waals surface area contributed by atoms with Gasteiger partial charge in [-0.2, -0.15) is 0 Å². The lowest BCUT2D eigenvalue weighted by atomic mass is 10.0. The Hall–Kier alpha value is -2.60. The molecule has 1 heterocycles. The first-order valence-electron chi connectivity index (χ1n) is 15.6. The van der Waals surface area contributed by atoms with E-state index in [2.05, 4.69) is 112 Å².